The molecule has 0 saturated carbocycles. The predicted molar refractivity (Wildman–Crippen MR) is 46.2 cm³/mol. The largest absolute Gasteiger partial charge is 0.305 e. The van der Waals surface area contributed by atoms with E-state index in [0.29, 0.717) is 0 Å². The zero-order chi connectivity index (χ0) is 8.06. The Bertz CT molecular complexity index is 167. The topological polar surface area (TPSA) is 3.24 Å². The highest BCUT2D eigenvalue weighted by Gasteiger charge is 2.53. The minimum absolute atomic E-state index is 0.832. The molecular weight excluding hydrogens is 136 g/mol. The Labute approximate surface area is 69.4 Å². The van der Waals surface area contributed by atoms with Gasteiger partial charge in [0.15, 0.2) is 0 Å². The van der Waals surface area contributed by atoms with Crippen molar-refractivity contribution in [2.75, 3.05) is 26.8 Å². The van der Waals surface area contributed by atoms with Crippen LogP contribution in [0.2, 0.25) is 0 Å². The summed E-state index contributed by atoms with van der Waals surface area (Å²) in [7, 11) is 2.25. The van der Waals surface area contributed by atoms with E-state index in [9.17, 15) is 0 Å². The summed E-state index contributed by atoms with van der Waals surface area (Å²) in [6, 6.07) is 1.80. The van der Waals surface area contributed by atoms with E-state index in [2.05, 4.69) is 25.8 Å². The van der Waals surface area contributed by atoms with E-state index in [1.54, 1.807) is 0 Å². The average Bonchev–Trinajstić information content (AvgIpc) is 2.11. The van der Waals surface area contributed by atoms with Crippen molar-refractivity contribution in [3.8, 4) is 0 Å². The summed E-state index contributed by atoms with van der Waals surface area (Å²) in [5.74, 6) is 0. The number of fused-ring (bicyclic) bond motifs is 1. The zero-order valence-electron chi connectivity index (χ0n) is 7.88. The summed E-state index contributed by atoms with van der Waals surface area (Å²) in [6.45, 7) is 8.78. The van der Waals surface area contributed by atoms with E-state index < -0.39 is 0 Å². The molecule has 2 heteroatoms. The first kappa shape index (κ1) is 7.56. The molecule has 0 spiro atoms. The molecule has 0 aliphatic carbocycles. The van der Waals surface area contributed by atoms with Gasteiger partial charge in [-0.05, 0) is 20.9 Å². The van der Waals surface area contributed by atoms with Gasteiger partial charge in [-0.1, -0.05) is 0 Å². The molecule has 2 fully saturated rings. The number of quaternary nitrogens is 1. The molecule has 0 amide bonds. The highest BCUT2D eigenvalue weighted by molar-refractivity contribution is 4.80. The fourth-order valence-corrected chi connectivity index (χ4v) is 2.79. The Hall–Kier alpha value is -0.0800. The van der Waals surface area contributed by atoms with Gasteiger partial charge in [-0.15, -0.1) is 0 Å². The van der Waals surface area contributed by atoms with Crippen LogP contribution in [0.25, 0.3) is 0 Å². The molecule has 2 atom stereocenters. The highest BCUT2D eigenvalue weighted by Crippen LogP contribution is 2.37. The van der Waals surface area contributed by atoms with Gasteiger partial charge in [0, 0.05) is 0 Å². The first-order valence-electron chi connectivity index (χ1n) is 4.70. The van der Waals surface area contributed by atoms with Crippen LogP contribution in [0.1, 0.15) is 20.3 Å². The van der Waals surface area contributed by atoms with Crippen molar-refractivity contribution in [3.63, 3.8) is 0 Å². The molecule has 2 aliphatic heterocycles. The summed E-state index contributed by atoms with van der Waals surface area (Å²) < 4.78 is 1.39. The summed E-state index contributed by atoms with van der Waals surface area (Å²) in [5.41, 5.74) is 0. The summed E-state index contributed by atoms with van der Waals surface area (Å²) in [5, 5.41) is 0. The Balaban J connectivity index is 2.14. The lowest BCUT2D eigenvalue weighted by Crippen LogP contribution is -2.65. The van der Waals surface area contributed by atoms with Crippen LogP contribution < -0.4 is 0 Å². The Kier molecular flexibility index (Phi) is 1.52. The monoisotopic (exact) mass is 155 g/mol. The molecule has 0 aromatic rings. The number of nitrogens with zero attached hydrogens (tertiary/aromatic N) is 2. The molecule has 2 unspecified atom stereocenters. The van der Waals surface area contributed by atoms with Crippen LogP contribution in [0.3, 0.4) is 0 Å². The van der Waals surface area contributed by atoms with Crippen molar-refractivity contribution in [3.05, 3.63) is 0 Å². The third-order valence-electron chi connectivity index (χ3n) is 3.66. The molecule has 0 bridgehead atoms. The lowest BCUT2D eigenvalue weighted by molar-refractivity contribution is -0.997. The molecule has 0 aromatic heterocycles. The van der Waals surface area contributed by atoms with E-state index in [0.717, 1.165) is 12.1 Å². The number of hydrogen-bond acceptors (Lipinski definition) is 1. The van der Waals surface area contributed by atoms with E-state index >= 15 is 0 Å². The van der Waals surface area contributed by atoms with Gasteiger partial charge in [0.25, 0.3) is 0 Å². The number of hydrogen-bond donors (Lipinski definition) is 0. The van der Waals surface area contributed by atoms with Gasteiger partial charge in [0.1, 0.15) is 12.7 Å². The van der Waals surface area contributed by atoms with E-state index in [4.69, 9.17) is 0 Å². The lowest BCUT2D eigenvalue weighted by Gasteiger charge is -2.50. The molecule has 11 heavy (non-hydrogen) atoms. The second kappa shape index (κ2) is 2.20. The zero-order valence-corrected chi connectivity index (χ0v) is 7.88. The Morgan fingerprint density at radius 1 is 1.45 bits per heavy atom. The number of rotatable bonds is 1. The SMILES string of the molecule is CC(C)[N+]12CCC1CN(C)C2. The standard InChI is InChI=1S/C9H19N2/c1-8(2)11-5-4-9(11)6-10(3)7-11/h8-9H,4-7H2,1-3H3/q+1. The molecular formula is C9H19N2+. The second-order valence-corrected chi connectivity index (χ2v) is 4.54. The normalized spacial score (nSPS) is 44.2. The van der Waals surface area contributed by atoms with Crippen molar-refractivity contribution in [2.24, 2.45) is 0 Å². The van der Waals surface area contributed by atoms with Crippen LogP contribution in [-0.4, -0.2) is 48.3 Å². The second-order valence-electron chi connectivity index (χ2n) is 4.54. The van der Waals surface area contributed by atoms with Crippen LogP contribution in [0, 0.1) is 0 Å². The van der Waals surface area contributed by atoms with Gasteiger partial charge in [-0.25, -0.2) is 0 Å². The maximum Gasteiger partial charge on any atom is 0.135 e. The van der Waals surface area contributed by atoms with E-state index in [-0.39, 0.29) is 0 Å². The van der Waals surface area contributed by atoms with E-state index in [1.165, 1.54) is 30.7 Å². The molecule has 2 nitrogen and oxygen atoms in total. The third-order valence-corrected chi connectivity index (χ3v) is 3.66. The molecule has 0 N–H and O–H groups in total. The smallest absolute Gasteiger partial charge is 0.135 e. The van der Waals surface area contributed by atoms with Crippen molar-refractivity contribution in [1.82, 2.24) is 4.90 Å². The number of likely N-dealkylation sites (N-methyl/N-ethyl adjacent to an activating group) is 1. The molecule has 0 aromatic carbocycles. The summed E-state index contributed by atoms with van der Waals surface area (Å²) in [4.78, 5) is 2.48. The van der Waals surface area contributed by atoms with Gasteiger partial charge < -0.3 is 4.48 Å². The highest BCUT2D eigenvalue weighted by atomic mass is 15.6. The molecule has 2 rings (SSSR count). The minimum atomic E-state index is 0.832. The Morgan fingerprint density at radius 2 is 2.18 bits per heavy atom. The lowest BCUT2D eigenvalue weighted by atomic mass is 9.97. The fraction of sp³-hybridized carbons (Fsp3) is 1.00. The van der Waals surface area contributed by atoms with Gasteiger partial charge >= 0.3 is 0 Å². The van der Waals surface area contributed by atoms with Gasteiger partial charge in [-0.3, -0.25) is 4.90 Å². The van der Waals surface area contributed by atoms with Crippen molar-refractivity contribution >= 4 is 0 Å². The molecule has 0 radical (unpaired) electrons. The van der Waals surface area contributed by atoms with Crippen LogP contribution in [0.5, 0.6) is 0 Å². The van der Waals surface area contributed by atoms with Crippen molar-refractivity contribution < 1.29 is 4.48 Å². The van der Waals surface area contributed by atoms with Crippen LogP contribution in [0.15, 0.2) is 0 Å². The molecule has 64 valence electrons. The first-order chi connectivity index (χ1) is 5.15. The molecule has 2 aliphatic rings. The third kappa shape index (κ3) is 0.859. The predicted octanol–water partition coefficient (Wildman–Crippen LogP) is 0.887. The average molecular weight is 155 g/mol. The van der Waals surface area contributed by atoms with Crippen molar-refractivity contribution in [1.29, 1.82) is 0 Å². The quantitative estimate of drug-likeness (QED) is 0.508. The minimum Gasteiger partial charge on any atom is -0.305 e. The summed E-state index contributed by atoms with van der Waals surface area (Å²) >= 11 is 0. The van der Waals surface area contributed by atoms with Gasteiger partial charge in [-0.2, -0.15) is 0 Å². The van der Waals surface area contributed by atoms with Crippen LogP contribution in [-0.2, 0) is 0 Å². The van der Waals surface area contributed by atoms with E-state index in [1.807, 2.05) is 0 Å². The summed E-state index contributed by atoms with van der Waals surface area (Å²) in [6.07, 6.45) is 1.46. The van der Waals surface area contributed by atoms with Gasteiger partial charge in [0.2, 0.25) is 0 Å². The fourth-order valence-electron chi connectivity index (χ4n) is 2.79. The van der Waals surface area contributed by atoms with Gasteiger partial charge in [0.05, 0.1) is 25.6 Å². The van der Waals surface area contributed by atoms with Crippen LogP contribution in [0.4, 0.5) is 0 Å². The first-order valence-corrected chi connectivity index (χ1v) is 4.70. The maximum atomic E-state index is 2.48. The van der Waals surface area contributed by atoms with Crippen molar-refractivity contribution in [2.45, 2.75) is 32.4 Å². The maximum absolute atomic E-state index is 2.48. The van der Waals surface area contributed by atoms with Crippen LogP contribution >= 0.6 is 0 Å². The Morgan fingerprint density at radius 3 is 2.45 bits per heavy atom. The molecule has 2 saturated heterocycles. The molecule has 2 heterocycles.